The molecule has 1 saturated heterocycles. The van der Waals surface area contributed by atoms with Gasteiger partial charge >= 0.3 is 0 Å². The lowest BCUT2D eigenvalue weighted by molar-refractivity contribution is 0.137. The van der Waals surface area contributed by atoms with Crippen LogP contribution >= 0.6 is 0 Å². The number of fused-ring (bicyclic) bond motifs is 1. The van der Waals surface area contributed by atoms with Gasteiger partial charge in [-0.3, -0.25) is 9.69 Å². The zero-order chi connectivity index (χ0) is 19.1. The molecule has 6 heteroatoms. The number of β-amino-alcohol motifs (C(OH)–C–C–N with tert-alkyl or cyclic N) is 1. The molecule has 0 spiro atoms. The fraction of sp³-hybridized carbons (Fsp3) is 0.429. The minimum Gasteiger partial charge on any atom is -0.391 e. The van der Waals surface area contributed by atoms with Crippen LogP contribution in [0.25, 0.3) is 10.9 Å². The Morgan fingerprint density at radius 1 is 1.22 bits per heavy atom. The maximum absolute atomic E-state index is 12.5. The average molecular weight is 367 g/mol. The second-order valence-electron chi connectivity index (χ2n) is 7.82. The highest BCUT2D eigenvalue weighted by atomic mass is 16.5. The summed E-state index contributed by atoms with van der Waals surface area (Å²) in [5.41, 5.74) is 4.84. The summed E-state index contributed by atoms with van der Waals surface area (Å²) in [5.74, 6) is 0.914. The highest BCUT2D eigenvalue weighted by molar-refractivity contribution is 5.82. The number of hydrogen-bond acceptors (Lipinski definition) is 5. The number of pyridine rings is 1. The van der Waals surface area contributed by atoms with Gasteiger partial charge in [-0.2, -0.15) is 0 Å². The molecule has 0 radical (unpaired) electrons. The van der Waals surface area contributed by atoms with E-state index in [1.54, 1.807) is 6.07 Å². The number of rotatable bonds is 4. The number of nitrogens with zero attached hydrogens (tertiary/aromatic N) is 2. The maximum atomic E-state index is 12.5. The summed E-state index contributed by atoms with van der Waals surface area (Å²) in [7, 11) is 0. The Bertz CT molecular complexity index is 1040. The van der Waals surface area contributed by atoms with Gasteiger partial charge in [0.15, 0.2) is 5.43 Å². The molecule has 0 bridgehead atoms. The summed E-state index contributed by atoms with van der Waals surface area (Å²) in [5, 5.41) is 15.1. The van der Waals surface area contributed by atoms with Gasteiger partial charge in [0.05, 0.1) is 17.3 Å². The van der Waals surface area contributed by atoms with Gasteiger partial charge in [0, 0.05) is 55.2 Å². The second-order valence-corrected chi connectivity index (χ2v) is 7.82. The number of aliphatic hydroxyl groups is 1. The number of likely N-dealkylation sites (tertiary alicyclic amines) is 1. The molecule has 4 rings (SSSR count). The normalized spacial score (nSPS) is 20.6. The van der Waals surface area contributed by atoms with Crippen molar-refractivity contribution in [2.24, 2.45) is 5.92 Å². The van der Waals surface area contributed by atoms with Gasteiger partial charge in [0.2, 0.25) is 0 Å². The molecule has 3 heterocycles. The summed E-state index contributed by atoms with van der Waals surface area (Å²) in [6, 6.07) is 7.61. The van der Waals surface area contributed by atoms with Crippen LogP contribution in [0.15, 0.2) is 33.6 Å². The van der Waals surface area contributed by atoms with E-state index >= 15 is 0 Å². The lowest BCUT2D eigenvalue weighted by Gasteiger charge is -2.16. The van der Waals surface area contributed by atoms with E-state index in [0.29, 0.717) is 19.5 Å². The van der Waals surface area contributed by atoms with Crippen LogP contribution < -0.4 is 5.43 Å². The molecular formula is C21H25N3O3. The molecule has 2 atom stereocenters. The highest BCUT2D eigenvalue weighted by Gasteiger charge is 2.32. The molecule has 0 saturated carbocycles. The van der Waals surface area contributed by atoms with Crippen molar-refractivity contribution in [3.8, 4) is 0 Å². The largest absolute Gasteiger partial charge is 0.391 e. The lowest BCUT2D eigenvalue weighted by Crippen LogP contribution is -2.23. The Morgan fingerprint density at radius 2 is 2.04 bits per heavy atom. The molecule has 142 valence electrons. The third kappa shape index (κ3) is 3.68. The van der Waals surface area contributed by atoms with E-state index in [1.165, 1.54) is 0 Å². The number of nitrogens with one attached hydrogen (secondary N) is 1. The Kier molecular flexibility index (Phi) is 4.61. The quantitative estimate of drug-likeness (QED) is 0.740. The third-order valence-electron chi connectivity index (χ3n) is 5.35. The van der Waals surface area contributed by atoms with Gasteiger partial charge < -0.3 is 14.6 Å². The van der Waals surface area contributed by atoms with Crippen molar-refractivity contribution in [1.82, 2.24) is 15.0 Å². The first-order valence-corrected chi connectivity index (χ1v) is 9.35. The second kappa shape index (κ2) is 6.94. The lowest BCUT2D eigenvalue weighted by atomic mass is 10.0. The molecule has 27 heavy (non-hydrogen) atoms. The zero-order valence-electron chi connectivity index (χ0n) is 16.0. The maximum Gasteiger partial charge on any atom is 0.189 e. The van der Waals surface area contributed by atoms with Crippen LogP contribution in [-0.4, -0.2) is 39.3 Å². The van der Waals surface area contributed by atoms with Gasteiger partial charge in [-0.1, -0.05) is 11.2 Å². The first-order chi connectivity index (χ1) is 12.9. The standard InChI is InChI=1S/C21H25N3O3/c1-12-4-13(2)21-18(5-12)19(25)8-16(22-21)10-24-9-15(20(26)11-24)7-17-6-14(3)23-27-17/h4-6,8,15,20,26H,7,9-11H2,1-3H3,(H,22,25)/t15-,20-/m1/s1. The van der Waals surface area contributed by atoms with Crippen molar-refractivity contribution in [2.75, 3.05) is 13.1 Å². The zero-order valence-corrected chi connectivity index (χ0v) is 16.0. The highest BCUT2D eigenvalue weighted by Crippen LogP contribution is 2.24. The molecular weight excluding hydrogens is 342 g/mol. The summed E-state index contributed by atoms with van der Waals surface area (Å²) < 4.78 is 5.29. The van der Waals surface area contributed by atoms with Gasteiger partial charge in [-0.15, -0.1) is 0 Å². The Labute approximate surface area is 157 Å². The number of benzene rings is 1. The van der Waals surface area contributed by atoms with Gasteiger partial charge in [-0.25, -0.2) is 0 Å². The van der Waals surface area contributed by atoms with Crippen LogP contribution in [-0.2, 0) is 13.0 Å². The summed E-state index contributed by atoms with van der Waals surface area (Å²) in [4.78, 5) is 18.1. The van der Waals surface area contributed by atoms with E-state index in [2.05, 4.69) is 21.1 Å². The minimum atomic E-state index is -0.410. The molecule has 0 aliphatic carbocycles. The van der Waals surface area contributed by atoms with E-state index in [0.717, 1.165) is 45.7 Å². The number of aryl methyl sites for hydroxylation is 3. The molecule has 1 aliphatic heterocycles. The van der Waals surface area contributed by atoms with Crippen LogP contribution in [0.4, 0.5) is 0 Å². The van der Waals surface area contributed by atoms with E-state index < -0.39 is 6.10 Å². The first kappa shape index (κ1) is 17.9. The molecule has 0 unspecified atom stereocenters. The molecule has 1 fully saturated rings. The van der Waals surface area contributed by atoms with Crippen molar-refractivity contribution < 1.29 is 9.63 Å². The topological polar surface area (TPSA) is 82.4 Å². The van der Waals surface area contributed by atoms with Crippen molar-refractivity contribution in [3.05, 3.63) is 62.8 Å². The van der Waals surface area contributed by atoms with Crippen LogP contribution in [0, 0.1) is 26.7 Å². The van der Waals surface area contributed by atoms with Gasteiger partial charge in [0.1, 0.15) is 5.76 Å². The summed E-state index contributed by atoms with van der Waals surface area (Å²) in [6.45, 7) is 7.87. The molecule has 3 aromatic rings. The summed E-state index contributed by atoms with van der Waals surface area (Å²) in [6.07, 6.45) is 0.262. The van der Waals surface area contributed by atoms with E-state index in [9.17, 15) is 9.90 Å². The predicted molar refractivity (Wildman–Crippen MR) is 104 cm³/mol. The van der Waals surface area contributed by atoms with Gasteiger partial charge in [-0.05, 0) is 38.0 Å². The number of hydrogen-bond donors (Lipinski definition) is 2. The van der Waals surface area contributed by atoms with Crippen molar-refractivity contribution in [3.63, 3.8) is 0 Å². The Hall–Kier alpha value is -2.44. The fourth-order valence-corrected chi connectivity index (χ4v) is 4.13. The molecule has 1 aromatic carbocycles. The van der Waals surface area contributed by atoms with Crippen molar-refractivity contribution in [1.29, 1.82) is 0 Å². The fourth-order valence-electron chi connectivity index (χ4n) is 4.13. The Balaban J connectivity index is 1.52. The Morgan fingerprint density at radius 3 is 2.78 bits per heavy atom. The van der Waals surface area contributed by atoms with Gasteiger partial charge in [0.25, 0.3) is 0 Å². The van der Waals surface area contributed by atoms with E-state index in [4.69, 9.17) is 4.52 Å². The summed E-state index contributed by atoms with van der Waals surface area (Å²) >= 11 is 0. The van der Waals surface area contributed by atoms with Crippen LogP contribution in [0.1, 0.15) is 28.3 Å². The number of aliphatic hydroxyl groups excluding tert-OH is 1. The molecule has 0 amide bonds. The van der Waals surface area contributed by atoms with Crippen LogP contribution in [0.2, 0.25) is 0 Å². The SMILES string of the molecule is Cc1cc(C)c2[nH]c(CN3C[C@@H](Cc4cc(C)no4)[C@H](O)C3)cc(=O)c2c1. The van der Waals surface area contributed by atoms with E-state index in [1.807, 2.05) is 32.9 Å². The molecule has 6 nitrogen and oxygen atoms in total. The minimum absolute atomic E-state index is 0.0407. The third-order valence-corrected chi connectivity index (χ3v) is 5.35. The number of aromatic nitrogens is 2. The number of H-pyrrole nitrogens is 1. The smallest absolute Gasteiger partial charge is 0.189 e. The molecule has 2 aromatic heterocycles. The average Bonchev–Trinajstić information content (AvgIpc) is 3.15. The van der Waals surface area contributed by atoms with E-state index in [-0.39, 0.29) is 11.3 Å². The van der Waals surface area contributed by atoms with Crippen LogP contribution in [0.5, 0.6) is 0 Å². The number of aromatic amines is 1. The van der Waals surface area contributed by atoms with Crippen molar-refractivity contribution in [2.45, 2.75) is 39.8 Å². The van der Waals surface area contributed by atoms with Crippen LogP contribution in [0.3, 0.4) is 0 Å². The molecule has 2 N–H and O–H groups in total. The first-order valence-electron chi connectivity index (χ1n) is 9.35. The monoisotopic (exact) mass is 367 g/mol. The predicted octanol–water partition coefficient (Wildman–Crippen LogP) is 2.48. The van der Waals surface area contributed by atoms with Crippen molar-refractivity contribution >= 4 is 10.9 Å². The molecule has 1 aliphatic rings.